The number of ether oxygens (including phenoxy) is 1. The zero-order valence-corrected chi connectivity index (χ0v) is 11.4. The summed E-state index contributed by atoms with van der Waals surface area (Å²) in [5.74, 6) is -0.510. The van der Waals surface area contributed by atoms with E-state index in [1.165, 1.54) is 18.2 Å². The normalized spacial score (nSPS) is 16.1. The molecule has 0 radical (unpaired) electrons. The van der Waals surface area contributed by atoms with Crippen molar-refractivity contribution in [1.82, 2.24) is 4.90 Å². The summed E-state index contributed by atoms with van der Waals surface area (Å²) >= 11 is 0. The van der Waals surface area contributed by atoms with Crippen LogP contribution >= 0.6 is 0 Å². The molecule has 2 rings (SSSR count). The molecule has 1 aliphatic heterocycles. The summed E-state index contributed by atoms with van der Waals surface area (Å²) in [4.78, 5) is 14.1. The van der Waals surface area contributed by atoms with Crippen LogP contribution in [0.5, 0.6) is 0 Å². The first kappa shape index (κ1) is 14.7. The van der Waals surface area contributed by atoms with Gasteiger partial charge in [0.1, 0.15) is 5.82 Å². The van der Waals surface area contributed by atoms with Gasteiger partial charge in [0.2, 0.25) is 5.91 Å². The number of hydrogen-bond donors (Lipinski definition) is 2. The van der Waals surface area contributed by atoms with Crippen LogP contribution in [0.4, 0.5) is 15.8 Å². The average Bonchev–Trinajstić information content (AvgIpc) is 2.43. The molecule has 20 heavy (non-hydrogen) atoms. The van der Waals surface area contributed by atoms with Crippen molar-refractivity contribution in [2.75, 3.05) is 43.9 Å². The van der Waals surface area contributed by atoms with Crippen LogP contribution in [-0.2, 0) is 9.53 Å². The van der Waals surface area contributed by atoms with Gasteiger partial charge in [-0.05, 0) is 31.2 Å². The molecule has 0 aromatic heterocycles. The van der Waals surface area contributed by atoms with Gasteiger partial charge in [-0.3, -0.25) is 9.69 Å². The van der Waals surface area contributed by atoms with E-state index in [1.807, 2.05) is 0 Å². The van der Waals surface area contributed by atoms with Gasteiger partial charge < -0.3 is 15.8 Å². The molecular weight excluding hydrogens is 261 g/mol. The first-order chi connectivity index (χ1) is 9.65. The van der Waals surface area contributed by atoms with E-state index in [4.69, 9.17) is 10.5 Å². The highest BCUT2D eigenvalue weighted by Gasteiger charge is 2.11. The van der Waals surface area contributed by atoms with Gasteiger partial charge in [0, 0.05) is 19.5 Å². The second-order valence-electron chi connectivity index (χ2n) is 4.84. The molecule has 1 saturated heterocycles. The summed E-state index contributed by atoms with van der Waals surface area (Å²) in [5.41, 5.74) is 6.34. The molecule has 0 atom stereocenters. The highest BCUT2D eigenvalue weighted by molar-refractivity contribution is 5.93. The van der Waals surface area contributed by atoms with Crippen LogP contribution < -0.4 is 11.1 Å². The second kappa shape index (κ2) is 7.21. The van der Waals surface area contributed by atoms with Gasteiger partial charge in [0.05, 0.1) is 24.6 Å². The Hall–Kier alpha value is -1.66. The Morgan fingerprint density at radius 1 is 1.40 bits per heavy atom. The van der Waals surface area contributed by atoms with Gasteiger partial charge in [-0.2, -0.15) is 0 Å². The smallest absolute Gasteiger partial charge is 0.224 e. The number of nitrogen functional groups attached to an aromatic ring is 1. The highest BCUT2D eigenvalue weighted by Crippen LogP contribution is 2.19. The predicted octanol–water partition coefficient (Wildman–Crippen LogP) is 1.46. The number of halogens is 1. The van der Waals surface area contributed by atoms with Crippen molar-refractivity contribution in [3.05, 3.63) is 24.0 Å². The maximum Gasteiger partial charge on any atom is 0.224 e. The lowest BCUT2D eigenvalue weighted by Crippen LogP contribution is -2.37. The summed E-state index contributed by atoms with van der Waals surface area (Å²) in [6.45, 7) is 4.26. The number of rotatable bonds is 5. The molecule has 1 aromatic carbocycles. The standard InChI is InChI=1S/C14H20FN3O2/c15-11-3-4-13(12(16)10-11)17-14(19)2-1-5-18-6-8-20-9-7-18/h3-4,10H,1-2,5-9,16H2,(H,17,19). The number of morpholine rings is 1. The molecule has 0 saturated carbocycles. The van der Waals surface area contributed by atoms with E-state index < -0.39 is 5.82 Å². The minimum atomic E-state index is -0.409. The van der Waals surface area contributed by atoms with Crippen molar-refractivity contribution in [3.63, 3.8) is 0 Å². The van der Waals surface area contributed by atoms with Gasteiger partial charge in [0.15, 0.2) is 0 Å². The molecule has 110 valence electrons. The fraction of sp³-hybridized carbons (Fsp3) is 0.500. The Morgan fingerprint density at radius 3 is 2.85 bits per heavy atom. The van der Waals surface area contributed by atoms with Crippen LogP contribution in [0.1, 0.15) is 12.8 Å². The molecule has 0 bridgehead atoms. The molecule has 6 heteroatoms. The van der Waals surface area contributed by atoms with Crippen LogP contribution in [-0.4, -0.2) is 43.7 Å². The van der Waals surface area contributed by atoms with Gasteiger partial charge in [-0.25, -0.2) is 4.39 Å². The van der Waals surface area contributed by atoms with Gasteiger partial charge >= 0.3 is 0 Å². The number of amides is 1. The van der Waals surface area contributed by atoms with Crippen molar-refractivity contribution in [2.45, 2.75) is 12.8 Å². The van der Waals surface area contributed by atoms with E-state index in [2.05, 4.69) is 10.2 Å². The third-order valence-electron chi connectivity index (χ3n) is 3.27. The van der Waals surface area contributed by atoms with Crippen LogP contribution in [0, 0.1) is 5.82 Å². The zero-order chi connectivity index (χ0) is 14.4. The van der Waals surface area contributed by atoms with Crippen LogP contribution in [0.15, 0.2) is 18.2 Å². The van der Waals surface area contributed by atoms with Crippen LogP contribution in [0.25, 0.3) is 0 Å². The highest BCUT2D eigenvalue weighted by atomic mass is 19.1. The van der Waals surface area contributed by atoms with E-state index >= 15 is 0 Å². The summed E-state index contributed by atoms with van der Waals surface area (Å²) in [5, 5.41) is 2.70. The Balaban J connectivity index is 1.72. The van der Waals surface area contributed by atoms with E-state index in [9.17, 15) is 9.18 Å². The molecule has 1 heterocycles. The van der Waals surface area contributed by atoms with Crippen molar-refractivity contribution < 1.29 is 13.9 Å². The van der Waals surface area contributed by atoms with Crippen LogP contribution in [0.2, 0.25) is 0 Å². The molecule has 1 fully saturated rings. The average molecular weight is 281 g/mol. The second-order valence-corrected chi connectivity index (χ2v) is 4.84. The van der Waals surface area contributed by atoms with Crippen molar-refractivity contribution in [1.29, 1.82) is 0 Å². The summed E-state index contributed by atoms with van der Waals surface area (Å²) in [6.07, 6.45) is 1.21. The monoisotopic (exact) mass is 281 g/mol. The number of nitrogens with one attached hydrogen (secondary N) is 1. The fourth-order valence-corrected chi connectivity index (χ4v) is 2.15. The van der Waals surface area contributed by atoms with E-state index in [0.717, 1.165) is 39.3 Å². The molecular formula is C14H20FN3O2. The quantitative estimate of drug-likeness (QED) is 0.802. The van der Waals surface area contributed by atoms with Crippen LogP contribution in [0.3, 0.4) is 0 Å². The number of carbonyl (C=O) groups is 1. The zero-order valence-electron chi connectivity index (χ0n) is 11.4. The molecule has 0 spiro atoms. The van der Waals surface area contributed by atoms with Crippen molar-refractivity contribution in [3.8, 4) is 0 Å². The number of benzene rings is 1. The first-order valence-electron chi connectivity index (χ1n) is 6.80. The molecule has 1 aliphatic rings. The van der Waals surface area contributed by atoms with E-state index in [1.54, 1.807) is 0 Å². The summed E-state index contributed by atoms with van der Waals surface area (Å²) in [7, 11) is 0. The number of carbonyl (C=O) groups excluding carboxylic acids is 1. The van der Waals surface area contributed by atoms with Crippen molar-refractivity contribution >= 4 is 17.3 Å². The molecule has 0 unspecified atom stereocenters. The lowest BCUT2D eigenvalue weighted by atomic mass is 10.2. The van der Waals surface area contributed by atoms with Gasteiger partial charge in [-0.1, -0.05) is 0 Å². The van der Waals surface area contributed by atoms with E-state index in [0.29, 0.717) is 12.1 Å². The lowest BCUT2D eigenvalue weighted by Gasteiger charge is -2.26. The number of nitrogens with zero attached hydrogens (tertiary/aromatic N) is 1. The fourth-order valence-electron chi connectivity index (χ4n) is 2.15. The molecule has 0 aliphatic carbocycles. The third kappa shape index (κ3) is 4.47. The summed E-state index contributed by atoms with van der Waals surface area (Å²) < 4.78 is 18.1. The first-order valence-corrected chi connectivity index (χ1v) is 6.80. The minimum Gasteiger partial charge on any atom is -0.397 e. The maximum atomic E-state index is 12.9. The third-order valence-corrected chi connectivity index (χ3v) is 3.27. The number of anilines is 2. The Kier molecular flexibility index (Phi) is 5.31. The SMILES string of the molecule is Nc1cc(F)ccc1NC(=O)CCCN1CCOCC1. The predicted molar refractivity (Wildman–Crippen MR) is 75.9 cm³/mol. The minimum absolute atomic E-state index is 0.100. The van der Waals surface area contributed by atoms with E-state index in [-0.39, 0.29) is 11.6 Å². The topological polar surface area (TPSA) is 67.6 Å². The lowest BCUT2D eigenvalue weighted by molar-refractivity contribution is -0.116. The Bertz CT molecular complexity index is 462. The van der Waals surface area contributed by atoms with Gasteiger partial charge in [0.25, 0.3) is 0 Å². The largest absolute Gasteiger partial charge is 0.397 e. The number of nitrogens with two attached hydrogens (primary N) is 1. The summed E-state index contributed by atoms with van der Waals surface area (Å²) in [6, 6.07) is 3.95. The Labute approximate surface area is 117 Å². The van der Waals surface area contributed by atoms with Crippen molar-refractivity contribution in [2.24, 2.45) is 0 Å². The van der Waals surface area contributed by atoms with Gasteiger partial charge in [-0.15, -0.1) is 0 Å². The maximum absolute atomic E-state index is 12.9. The number of hydrogen-bond acceptors (Lipinski definition) is 4. The molecule has 5 nitrogen and oxygen atoms in total. The molecule has 1 aromatic rings. The molecule has 1 amide bonds. The Morgan fingerprint density at radius 2 is 2.15 bits per heavy atom. The molecule has 3 N–H and O–H groups in total.